The van der Waals surface area contributed by atoms with Crippen LogP contribution in [0.2, 0.25) is 0 Å². The van der Waals surface area contributed by atoms with Crippen molar-refractivity contribution in [3.05, 3.63) is 66.0 Å². The predicted molar refractivity (Wildman–Crippen MR) is 99.0 cm³/mol. The van der Waals surface area contributed by atoms with Crippen LogP contribution in [-0.4, -0.2) is 22.8 Å². The average Bonchev–Trinajstić information content (AvgIpc) is 3.06. The molecule has 26 heavy (non-hydrogen) atoms. The fourth-order valence-electron chi connectivity index (χ4n) is 2.62. The molecule has 0 bridgehead atoms. The highest BCUT2D eigenvalue weighted by Crippen LogP contribution is 2.25. The zero-order valence-electron chi connectivity index (χ0n) is 14.9. The van der Waals surface area contributed by atoms with Crippen LogP contribution in [0.3, 0.4) is 0 Å². The largest absolute Gasteiger partial charge is 0.497 e. The smallest absolute Gasteiger partial charge is 0.259 e. The van der Waals surface area contributed by atoms with E-state index in [1.807, 2.05) is 44.2 Å². The van der Waals surface area contributed by atoms with Crippen molar-refractivity contribution in [2.24, 2.45) is 0 Å². The summed E-state index contributed by atoms with van der Waals surface area (Å²) in [6.45, 7) is 3.93. The van der Waals surface area contributed by atoms with Gasteiger partial charge in [-0.2, -0.15) is 5.10 Å². The summed E-state index contributed by atoms with van der Waals surface area (Å²) in [5.74, 6) is -0.302. The van der Waals surface area contributed by atoms with Gasteiger partial charge in [0.15, 0.2) is 0 Å². The zero-order chi connectivity index (χ0) is 18.7. The summed E-state index contributed by atoms with van der Waals surface area (Å²) in [7, 11) is 1.45. The summed E-state index contributed by atoms with van der Waals surface area (Å²) >= 11 is 0. The lowest BCUT2D eigenvalue weighted by Gasteiger charge is -2.12. The molecule has 0 spiro atoms. The maximum absolute atomic E-state index is 14.2. The molecule has 1 heterocycles. The monoisotopic (exact) mass is 353 g/mol. The van der Waals surface area contributed by atoms with Gasteiger partial charge >= 0.3 is 0 Å². The Kier molecular flexibility index (Phi) is 5.02. The summed E-state index contributed by atoms with van der Waals surface area (Å²) < 4.78 is 20.8. The van der Waals surface area contributed by atoms with E-state index in [1.165, 1.54) is 19.2 Å². The fraction of sp³-hybridized carbons (Fsp3) is 0.200. The third-order valence-electron chi connectivity index (χ3n) is 3.96. The molecule has 6 heteroatoms. The molecule has 5 nitrogen and oxygen atoms in total. The second-order valence-corrected chi connectivity index (χ2v) is 6.12. The first kappa shape index (κ1) is 17.7. The molecule has 1 aromatic heterocycles. The second-order valence-electron chi connectivity index (χ2n) is 6.12. The molecular weight excluding hydrogens is 333 g/mol. The van der Waals surface area contributed by atoms with Crippen molar-refractivity contribution in [1.82, 2.24) is 9.78 Å². The van der Waals surface area contributed by atoms with Gasteiger partial charge in [-0.3, -0.25) is 4.79 Å². The summed E-state index contributed by atoms with van der Waals surface area (Å²) in [6.07, 6.45) is 0. The van der Waals surface area contributed by atoms with Crippen LogP contribution in [0.1, 0.15) is 30.2 Å². The third-order valence-corrected chi connectivity index (χ3v) is 3.96. The molecule has 3 rings (SSSR count). The fourth-order valence-corrected chi connectivity index (χ4v) is 2.62. The van der Waals surface area contributed by atoms with E-state index in [0.29, 0.717) is 11.6 Å². The number of aromatic nitrogens is 2. The van der Waals surface area contributed by atoms with Crippen molar-refractivity contribution < 1.29 is 13.9 Å². The van der Waals surface area contributed by atoms with Crippen LogP contribution in [0.4, 0.5) is 10.2 Å². The Hall–Kier alpha value is -3.15. The number of nitrogens with zero attached hydrogens (tertiary/aromatic N) is 2. The number of amides is 1. The number of hydrogen-bond acceptors (Lipinski definition) is 3. The highest BCUT2D eigenvalue weighted by molar-refractivity contribution is 6.04. The minimum absolute atomic E-state index is 0.0310. The first-order valence-electron chi connectivity index (χ1n) is 8.29. The highest BCUT2D eigenvalue weighted by atomic mass is 19.1. The number of benzene rings is 2. The zero-order valence-corrected chi connectivity index (χ0v) is 14.9. The van der Waals surface area contributed by atoms with E-state index in [2.05, 4.69) is 10.4 Å². The van der Waals surface area contributed by atoms with Gasteiger partial charge in [0.25, 0.3) is 5.91 Å². The Morgan fingerprint density at radius 2 is 1.88 bits per heavy atom. The number of carbonyl (C=O) groups excluding carboxylic acids is 1. The maximum Gasteiger partial charge on any atom is 0.259 e. The molecule has 0 atom stereocenters. The minimum atomic E-state index is -0.638. The Morgan fingerprint density at radius 1 is 1.15 bits per heavy atom. The van der Waals surface area contributed by atoms with Crippen LogP contribution >= 0.6 is 0 Å². The molecular formula is C20H20FN3O2. The van der Waals surface area contributed by atoms with Gasteiger partial charge in [0.1, 0.15) is 17.4 Å². The Labute approximate surface area is 151 Å². The Bertz CT molecular complexity index is 920. The lowest BCUT2D eigenvalue weighted by Crippen LogP contribution is -2.17. The van der Waals surface area contributed by atoms with Gasteiger partial charge in [-0.25, -0.2) is 9.07 Å². The van der Waals surface area contributed by atoms with Crippen molar-refractivity contribution in [1.29, 1.82) is 0 Å². The number of ether oxygens (including phenoxy) is 1. The molecule has 2 aromatic carbocycles. The molecule has 0 aliphatic rings. The molecule has 3 aromatic rings. The van der Waals surface area contributed by atoms with Gasteiger partial charge in [-0.1, -0.05) is 30.3 Å². The van der Waals surface area contributed by atoms with Crippen molar-refractivity contribution in [3.8, 4) is 17.0 Å². The molecule has 0 saturated carbocycles. The van der Waals surface area contributed by atoms with E-state index in [0.717, 1.165) is 11.3 Å². The van der Waals surface area contributed by atoms with E-state index in [9.17, 15) is 9.18 Å². The molecule has 134 valence electrons. The summed E-state index contributed by atoms with van der Waals surface area (Å²) in [4.78, 5) is 12.5. The van der Waals surface area contributed by atoms with Crippen LogP contribution in [0, 0.1) is 5.82 Å². The standard InChI is InChI=1S/C20H20FN3O2/c1-13(2)24-19(12-18(23-24)14-7-5-4-6-8-14)22-20(25)16-10-9-15(26-3)11-17(16)21/h4-13H,1-3H3,(H,22,25). The average molecular weight is 353 g/mol. The Balaban J connectivity index is 1.91. The van der Waals surface area contributed by atoms with Crippen LogP contribution in [0.5, 0.6) is 5.75 Å². The normalized spacial score (nSPS) is 10.8. The van der Waals surface area contributed by atoms with Crippen LogP contribution < -0.4 is 10.1 Å². The molecule has 0 unspecified atom stereocenters. The van der Waals surface area contributed by atoms with Gasteiger partial charge in [0.2, 0.25) is 0 Å². The summed E-state index contributed by atoms with van der Waals surface area (Å²) in [5.41, 5.74) is 1.63. The van der Waals surface area contributed by atoms with E-state index >= 15 is 0 Å². The van der Waals surface area contributed by atoms with Crippen molar-refractivity contribution >= 4 is 11.7 Å². The van der Waals surface area contributed by atoms with Gasteiger partial charge in [-0.05, 0) is 26.0 Å². The predicted octanol–water partition coefficient (Wildman–Crippen LogP) is 4.53. The van der Waals surface area contributed by atoms with Crippen molar-refractivity contribution in [2.45, 2.75) is 19.9 Å². The van der Waals surface area contributed by atoms with E-state index in [1.54, 1.807) is 16.8 Å². The molecule has 0 aliphatic carbocycles. The van der Waals surface area contributed by atoms with E-state index in [4.69, 9.17) is 4.74 Å². The molecule has 1 amide bonds. The van der Waals surface area contributed by atoms with Crippen LogP contribution in [0.25, 0.3) is 11.3 Å². The lowest BCUT2D eigenvalue weighted by atomic mass is 10.1. The lowest BCUT2D eigenvalue weighted by molar-refractivity contribution is 0.102. The molecule has 0 radical (unpaired) electrons. The number of halogens is 1. The third kappa shape index (κ3) is 3.59. The van der Waals surface area contributed by atoms with Crippen LogP contribution in [0.15, 0.2) is 54.6 Å². The SMILES string of the molecule is COc1ccc(C(=O)Nc2cc(-c3ccccc3)nn2C(C)C)c(F)c1. The van der Waals surface area contributed by atoms with Gasteiger partial charge in [-0.15, -0.1) is 0 Å². The number of anilines is 1. The molecule has 0 aliphatic heterocycles. The first-order valence-corrected chi connectivity index (χ1v) is 8.29. The number of carbonyl (C=O) groups is 1. The number of rotatable bonds is 5. The van der Waals surface area contributed by atoms with E-state index in [-0.39, 0.29) is 11.6 Å². The topological polar surface area (TPSA) is 56.1 Å². The van der Waals surface area contributed by atoms with Crippen LogP contribution in [-0.2, 0) is 0 Å². The highest BCUT2D eigenvalue weighted by Gasteiger charge is 2.17. The van der Waals surface area contributed by atoms with Crippen molar-refractivity contribution in [3.63, 3.8) is 0 Å². The maximum atomic E-state index is 14.2. The van der Waals surface area contributed by atoms with Gasteiger partial charge in [0, 0.05) is 23.7 Å². The first-order chi connectivity index (χ1) is 12.5. The van der Waals surface area contributed by atoms with Crippen molar-refractivity contribution in [2.75, 3.05) is 12.4 Å². The molecule has 0 saturated heterocycles. The quantitative estimate of drug-likeness (QED) is 0.733. The molecule has 1 N–H and O–H groups in total. The summed E-state index contributed by atoms with van der Waals surface area (Å²) in [5, 5.41) is 7.32. The van der Waals surface area contributed by atoms with E-state index < -0.39 is 11.7 Å². The number of hydrogen-bond donors (Lipinski definition) is 1. The number of nitrogens with one attached hydrogen (secondary N) is 1. The molecule has 0 fully saturated rings. The number of methoxy groups -OCH3 is 1. The Morgan fingerprint density at radius 3 is 2.50 bits per heavy atom. The van der Waals surface area contributed by atoms with Gasteiger partial charge < -0.3 is 10.1 Å². The second kappa shape index (κ2) is 7.39. The summed E-state index contributed by atoms with van der Waals surface area (Å²) in [6, 6.07) is 15.6. The van der Waals surface area contributed by atoms with Gasteiger partial charge in [0.05, 0.1) is 18.4 Å². The minimum Gasteiger partial charge on any atom is -0.497 e.